The summed E-state index contributed by atoms with van der Waals surface area (Å²) in [5.41, 5.74) is 3.07. The van der Waals surface area contributed by atoms with E-state index in [2.05, 4.69) is 14.9 Å². The van der Waals surface area contributed by atoms with Crippen LogP contribution in [-0.4, -0.2) is 39.5 Å². The molecule has 1 aliphatic rings. The molecule has 29 heavy (non-hydrogen) atoms. The first-order chi connectivity index (χ1) is 13.0. The second-order valence-corrected chi connectivity index (χ2v) is 8.52. The van der Waals surface area contributed by atoms with Gasteiger partial charge in [0.1, 0.15) is 5.58 Å². The highest BCUT2D eigenvalue weighted by molar-refractivity contribution is 7.92. The number of rotatable bonds is 5. The lowest BCUT2D eigenvalue weighted by molar-refractivity contribution is 0.233. The quantitative estimate of drug-likeness (QED) is 0.609. The van der Waals surface area contributed by atoms with Crippen LogP contribution in [-0.2, 0) is 16.6 Å². The predicted molar refractivity (Wildman–Crippen MR) is 121 cm³/mol. The zero-order chi connectivity index (χ0) is 18.9. The molecule has 0 spiro atoms. The van der Waals surface area contributed by atoms with Gasteiger partial charge in [0, 0.05) is 43.7 Å². The number of anilines is 1. The van der Waals surface area contributed by atoms with Crippen LogP contribution in [0.5, 0.6) is 0 Å². The van der Waals surface area contributed by atoms with Gasteiger partial charge in [-0.05, 0) is 36.8 Å². The lowest BCUT2D eigenvalue weighted by Crippen LogP contribution is -2.42. The number of fused-ring (bicyclic) bond motifs is 1. The second-order valence-electron chi connectivity index (χ2n) is 6.87. The number of nitrogens with zero attached hydrogens (tertiary/aromatic N) is 1. The van der Waals surface area contributed by atoms with Gasteiger partial charge in [0.25, 0.3) is 10.0 Å². The van der Waals surface area contributed by atoms with E-state index in [1.807, 2.05) is 24.3 Å². The molecule has 4 rings (SSSR count). The maximum Gasteiger partial charge on any atom is 0.262 e. The number of hydrogen-bond acceptors (Lipinski definition) is 5. The molecule has 0 saturated carbocycles. The fourth-order valence-corrected chi connectivity index (χ4v) is 4.80. The van der Waals surface area contributed by atoms with Gasteiger partial charge in [-0.2, -0.15) is 0 Å². The van der Waals surface area contributed by atoms with E-state index in [0.717, 1.165) is 54.8 Å². The molecule has 0 aliphatic carbocycles. The van der Waals surface area contributed by atoms with Crippen LogP contribution in [0, 0.1) is 6.92 Å². The minimum absolute atomic E-state index is 0. The largest absolute Gasteiger partial charge is 0.464 e. The van der Waals surface area contributed by atoms with E-state index in [4.69, 9.17) is 4.42 Å². The van der Waals surface area contributed by atoms with Crippen molar-refractivity contribution in [2.75, 3.05) is 30.9 Å². The van der Waals surface area contributed by atoms with Crippen molar-refractivity contribution in [1.82, 2.24) is 10.2 Å². The Morgan fingerprint density at radius 1 is 1.10 bits per heavy atom. The lowest BCUT2D eigenvalue weighted by atomic mass is 10.1. The van der Waals surface area contributed by atoms with E-state index in [1.54, 1.807) is 31.4 Å². The molecule has 2 N–H and O–H groups in total. The number of nitrogens with one attached hydrogen (secondary N) is 2. The summed E-state index contributed by atoms with van der Waals surface area (Å²) in [6.45, 7) is 6.36. The zero-order valence-corrected chi connectivity index (χ0v) is 18.5. The van der Waals surface area contributed by atoms with Gasteiger partial charge in [0.05, 0.1) is 16.8 Å². The van der Waals surface area contributed by atoms with Crippen molar-refractivity contribution in [1.29, 1.82) is 0 Å². The topological polar surface area (TPSA) is 74.6 Å². The number of hydrogen-bond donors (Lipinski definition) is 2. The van der Waals surface area contributed by atoms with Crippen LogP contribution in [0.2, 0.25) is 0 Å². The highest BCUT2D eigenvalue weighted by atomic mass is 35.5. The van der Waals surface area contributed by atoms with Gasteiger partial charge in [-0.25, -0.2) is 8.42 Å². The Morgan fingerprint density at radius 2 is 1.83 bits per heavy atom. The number of halogens is 2. The van der Waals surface area contributed by atoms with Gasteiger partial charge in [0.2, 0.25) is 0 Å². The zero-order valence-electron chi connectivity index (χ0n) is 16.1. The van der Waals surface area contributed by atoms with Crippen LogP contribution in [0.25, 0.3) is 11.0 Å². The third-order valence-corrected chi connectivity index (χ3v) is 6.41. The molecule has 0 radical (unpaired) electrons. The van der Waals surface area contributed by atoms with Crippen molar-refractivity contribution < 1.29 is 12.8 Å². The van der Waals surface area contributed by atoms with Gasteiger partial charge in [-0.15, -0.1) is 24.8 Å². The monoisotopic (exact) mass is 457 g/mol. The van der Waals surface area contributed by atoms with E-state index in [-0.39, 0.29) is 24.8 Å². The van der Waals surface area contributed by atoms with Crippen LogP contribution >= 0.6 is 24.8 Å². The fourth-order valence-electron chi connectivity index (χ4n) is 3.51. The van der Waals surface area contributed by atoms with E-state index < -0.39 is 10.0 Å². The second kappa shape index (κ2) is 9.82. The summed E-state index contributed by atoms with van der Waals surface area (Å²) in [4.78, 5) is 2.63. The lowest BCUT2D eigenvalue weighted by Gasteiger charge is -2.27. The van der Waals surface area contributed by atoms with Crippen LogP contribution in [0.3, 0.4) is 0 Å². The summed E-state index contributed by atoms with van der Waals surface area (Å²) in [6.07, 6.45) is 1.64. The predicted octanol–water partition coefficient (Wildman–Crippen LogP) is 3.79. The summed E-state index contributed by atoms with van der Waals surface area (Å²) in [7, 11) is -3.65. The smallest absolute Gasteiger partial charge is 0.262 e. The third-order valence-electron chi connectivity index (χ3n) is 4.87. The van der Waals surface area contributed by atoms with E-state index in [1.165, 1.54) is 0 Å². The molecule has 0 unspecified atom stereocenters. The molecule has 1 aromatic heterocycles. The third kappa shape index (κ3) is 5.24. The molecule has 9 heteroatoms. The molecule has 1 aliphatic heterocycles. The maximum absolute atomic E-state index is 12.8. The Kier molecular flexibility index (Phi) is 7.96. The first-order valence-corrected chi connectivity index (χ1v) is 10.5. The van der Waals surface area contributed by atoms with Crippen LogP contribution in [0.1, 0.15) is 11.1 Å². The van der Waals surface area contributed by atoms with Gasteiger partial charge < -0.3 is 9.73 Å². The van der Waals surface area contributed by atoms with Crippen molar-refractivity contribution in [2.24, 2.45) is 0 Å². The summed E-state index contributed by atoms with van der Waals surface area (Å²) in [6, 6.07) is 12.5. The molecular weight excluding hydrogens is 433 g/mol. The Morgan fingerprint density at radius 3 is 2.55 bits per heavy atom. The SMILES string of the molecule is Cc1ccccc1S(=O)(=O)Nc1cc(CN2CCNCC2)c2occc2c1.Cl.Cl. The van der Waals surface area contributed by atoms with Crippen LogP contribution in [0.15, 0.2) is 58.0 Å². The number of benzene rings is 2. The van der Waals surface area contributed by atoms with Gasteiger partial charge in [0.15, 0.2) is 0 Å². The molecule has 3 aromatic rings. The molecule has 1 saturated heterocycles. The normalized spacial score (nSPS) is 14.8. The Bertz CT molecular complexity index is 1060. The fraction of sp³-hybridized carbons (Fsp3) is 0.300. The van der Waals surface area contributed by atoms with Crippen molar-refractivity contribution >= 4 is 51.5 Å². The van der Waals surface area contributed by atoms with Crippen molar-refractivity contribution in [3.05, 3.63) is 59.9 Å². The average Bonchev–Trinajstić information content (AvgIpc) is 3.11. The number of furan rings is 1. The standard InChI is InChI=1S/C20H23N3O3S.2ClH/c1-15-4-2-3-5-19(15)27(24,25)22-18-12-16-6-11-26-20(16)17(13-18)14-23-9-7-21-8-10-23;;/h2-6,11-13,21-22H,7-10,14H2,1H3;2*1H. The molecule has 2 aromatic carbocycles. The minimum Gasteiger partial charge on any atom is -0.464 e. The molecule has 0 atom stereocenters. The highest BCUT2D eigenvalue weighted by Gasteiger charge is 2.19. The number of sulfonamides is 1. The van der Waals surface area contributed by atoms with Crippen molar-refractivity contribution in [3.63, 3.8) is 0 Å². The van der Waals surface area contributed by atoms with Crippen molar-refractivity contribution in [2.45, 2.75) is 18.4 Å². The summed E-state index contributed by atoms with van der Waals surface area (Å²) in [5, 5.41) is 4.24. The van der Waals surface area contributed by atoms with Crippen molar-refractivity contribution in [3.8, 4) is 0 Å². The molecule has 6 nitrogen and oxygen atoms in total. The molecule has 158 valence electrons. The van der Waals surface area contributed by atoms with Crippen LogP contribution in [0.4, 0.5) is 5.69 Å². The molecule has 2 heterocycles. The first-order valence-electron chi connectivity index (χ1n) is 9.04. The highest BCUT2D eigenvalue weighted by Crippen LogP contribution is 2.28. The average molecular weight is 458 g/mol. The maximum atomic E-state index is 12.8. The van der Waals surface area contributed by atoms with Gasteiger partial charge >= 0.3 is 0 Å². The summed E-state index contributed by atoms with van der Waals surface area (Å²) < 4.78 is 34.1. The Labute approximate surface area is 183 Å². The van der Waals surface area contributed by atoms with Gasteiger partial charge in [-0.3, -0.25) is 9.62 Å². The molecule has 0 bridgehead atoms. The van der Waals surface area contributed by atoms with E-state index >= 15 is 0 Å². The number of piperazine rings is 1. The minimum atomic E-state index is -3.65. The number of aryl methyl sites for hydroxylation is 1. The Hall–Kier alpha value is -1.77. The summed E-state index contributed by atoms with van der Waals surface area (Å²) >= 11 is 0. The first kappa shape index (κ1) is 23.5. The summed E-state index contributed by atoms with van der Waals surface area (Å²) in [5.74, 6) is 0. The molecule has 1 fully saturated rings. The Balaban J connectivity index is 0.00000150. The molecular formula is C20H25Cl2N3O3S. The van der Waals surface area contributed by atoms with E-state index in [9.17, 15) is 8.42 Å². The van der Waals surface area contributed by atoms with Crippen LogP contribution < -0.4 is 10.0 Å². The van der Waals surface area contributed by atoms with E-state index in [0.29, 0.717) is 10.6 Å². The molecule has 0 amide bonds. The van der Waals surface area contributed by atoms with Gasteiger partial charge in [-0.1, -0.05) is 18.2 Å².